The molecule has 2 rings (SSSR count). The molecule has 1 unspecified atom stereocenters. The van der Waals surface area contributed by atoms with E-state index in [0.717, 1.165) is 11.1 Å². The fraction of sp³-hybridized carbons (Fsp3) is 0.143. The Kier molecular flexibility index (Phi) is 3.94. The van der Waals surface area contributed by atoms with Crippen LogP contribution in [-0.4, -0.2) is 11.1 Å². The molecule has 0 aliphatic heterocycles. The fourth-order valence-electron chi connectivity index (χ4n) is 1.73. The average molecular weight is 242 g/mol. The highest BCUT2D eigenvalue weighted by Crippen LogP contribution is 2.21. The van der Waals surface area contributed by atoms with E-state index in [1.54, 1.807) is 30.6 Å². The molecule has 0 bridgehead atoms. The molecule has 0 saturated heterocycles. The molecule has 1 heterocycles. The smallest absolute Gasteiger partial charge is 0.235 e. The van der Waals surface area contributed by atoms with Gasteiger partial charge in [0.05, 0.1) is 6.04 Å². The maximum atomic E-state index is 12.8. The van der Waals surface area contributed by atoms with Gasteiger partial charge in [-0.2, -0.15) is 4.99 Å². The minimum atomic E-state index is -0.354. The third kappa shape index (κ3) is 3.09. The van der Waals surface area contributed by atoms with E-state index in [1.165, 1.54) is 12.1 Å². The van der Waals surface area contributed by atoms with Gasteiger partial charge in [0, 0.05) is 18.8 Å². The quantitative estimate of drug-likeness (QED) is 0.611. The van der Waals surface area contributed by atoms with Crippen LogP contribution in [0.4, 0.5) is 4.39 Å². The highest BCUT2D eigenvalue weighted by Gasteiger charge is 2.11. The molecule has 3 nitrogen and oxygen atoms in total. The summed E-state index contributed by atoms with van der Waals surface area (Å²) in [6.45, 7) is 0. The molecule has 1 atom stereocenters. The largest absolute Gasteiger partial charge is 0.264 e. The summed E-state index contributed by atoms with van der Waals surface area (Å²) >= 11 is 0. The van der Waals surface area contributed by atoms with Crippen molar-refractivity contribution in [3.8, 4) is 0 Å². The first-order valence-corrected chi connectivity index (χ1v) is 5.51. The van der Waals surface area contributed by atoms with Gasteiger partial charge in [0.1, 0.15) is 5.82 Å². The predicted octanol–water partition coefficient (Wildman–Crippen LogP) is 2.84. The lowest BCUT2D eigenvalue weighted by atomic mass is 10.0. The van der Waals surface area contributed by atoms with Gasteiger partial charge in [-0.25, -0.2) is 9.18 Å². The van der Waals surface area contributed by atoms with E-state index in [1.807, 2.05) is 12.1 Å². The number of carbonyl (C=O) groups excluding carboxylic acids is 1. The van der Waals surface area contributed by atoms with Crippen LogP contribution in [0.3, 0.4) is 0 Å². The lowest BCUT2D eigenvalue weighted by Gasteiger charge is -2.10. The zero-order valence-corrected chi connectivity index (χ0v) is 9.58. The lowest BCUT2D eigenvalue weighted by Crippen LogP contribution is -2.00. The van der Waals surface area contributed by atoms with Gasteiger partial charge in [0.2, 0.25) is 6.08 Å². The van der Waals surface area contributed by atoms with Gasteiger partial charge in [-0.1, -0.05) is 18.2 Å². The molecule has 0 amide bonds. The highest BCUT2D eigenvalue weighted by atomic mass is 19.1. The maximum absolute atomic E-state index is 12.8. The maximum Gasteiger partial charge on any atom is 0.235 e. The molecule has 4 heteroatoms. The molecule has 90 valence electrons. The van der Waals surface area contributed by atoms with Crippen molar-refractivity contribution < 1.29 is 9.18 Å². The summed E-state index contributed by atoms with van der Waals surface area (Å²) in [4.78, 5) is 18.2. The molecule has 0 aliphatic rings. The van der Waals surface area contributed by atoms with Crippen molar-refractivity contribution in [1.82, 2.24) is 4.98 Å². The molecular formula is C14H11FN2O. The Bertz CT molecular complexity index is 548. The summed E-state index contributed by atoms with van der Waals surface area (Å²) < 4.78 is 12.8. The van der Waals surface area contributed by atoms with E-state index < -0.39 is 0 Å². The predicted molar refractivity (Wildman–Crippen MR) is 65.2 cm³/mol. The van der Waals surface area contributed by atoms with Crippen LogP contribution in [0.15, 0.2) is 53.8 Å². The van der Waals surface area contributed by atoms with Gasteiger partial charge in [-0.15, -0.1) is 0 Å². The van der Waals surface area contributed by atoms with Crippen molar-refractivity contribution in [2.45, 2.75) is 12.5 Å². The standard InChI is InChI=1S/C14H11FN2O/c15-13-5-3-12(4-6-13)14(17-10-18)8-11-2-1-7-16-9-11/h1-7,9,14H,8H2. The Morgan fingerprint density at radius 3 is 2.67 bits per heavy atom. The zero-order valence-electron chi connectivity index (χ0n) is 9.58. The highest BCUT2D eigenvalue weighted by molar-refractivity contribution is 5.36. The van der Waals surface area contributed by atoms with Crippen LogP contribution < -0.4 is 0 Å². The molecule has 2 aromatic rings. The number of hydrogen-bond donors (Lipinski definition) is 0. The molecular weight excluding hydrogens is 231 g/mol. The normalized spacial score (nSPS) is 11.6. The monoisotopic (exact) mass is 242 g/mol. The Balaban J connectivity index is 2.23. The van der Waals surface area contributed by atoms with Gasteiger partial charge in [-0.3, -0.25) is 4.98 Å². The van der Waals surface area contributed by atoms with Crippen molar-refractivity contribution in [1.29, 1.82) is 0 Å². The van der Waals surface area contributed by atoms with Gasteiger partial charge in [-0.05, 0) is 29.3 Å². The van der Waals surface area contributed by atoms with Crippen LogP contribution in [0.1, 0.15) is 17.2 Å². The fourth-order valence-corrected chi connectivity index (χ4v) is 1.73. The number of aromatic nitrogens is 1. The molecule has 0 spiro atoms. The topological polar surface area (TPSA) is 42.3 Å². The van der Waals surface area contributed by atoms with Crippen LogP contribution in [0.25, 0.3) is 0 Å². The number of aliphatic imine (C=N–C) groups is 1. The first-order chi connectivity index (χ1) is 8.79. The number of benzene rings is 1. The molecule has 1 aromatic heterocycles. The Morgan fingerprint density at radius 2 is 2.06 bits per heavy atom. The van der Waals surface area contributed by atoms with E-state index in [-0.39, 0.29) is 11.9 Å². The second kappa shape index (κ2) is 5.84. The van der Waals surface area contributed by atoms with Crippen LogP contribution >= 0.6 is 0 Å². The molecule has 18 heavy (non-hydrogen) atoms. The van der Waals surface area contributed by atoms with Gasteiger partial charge in [0.25, 0.3) is 0 Å². The zero-order chi connectivity index (χ0) is 12.8. The Hall–Kier alpha value is -2.32. The van der Waals surface area contributed by atoms with Gasteiger partial charge in [0.15, 0.2) is 0 Å². The van der Waals surface area contributed by atoms with E-state index in [0.29, 0.717) is 6.42 Å². The number of isocyanates is 1. The van der Waals surface area contributed by atoms with Gasteiger partial charge >= 0.3 is 0 Å². The molecule has 0 N–H and O–H groups in total. The number of pyridine rings is 1. The van der Waals surface area contributed by atoms with Gasteiger partial charge < -0.3 is 0 Å². The Labute approximate surface area is 104 Å². The second-order valence-corrected chi connectivity index (χ2v) is 3.85. The molecule has 0 aliphatic carbocycles. The van der Waals surface area contributed by atoms with E-state index >= 15 is 0 Å². The summed E-state index contributed by atoms with van der Waals surface area (Å²) in [6.07, 6.45) is 5.50. The number of nitrogens with zero attached hydrogens (tertiary/aromatic N) is 2. The Morgan fingerprint density at radius 1 is 1.28 bits per heavy atom. The molecule has 0 fully saturated rings. The first kappa shape index (κ1) is 12.1. The third-order valence-corrected chi connectivity index (χ3v) is 2.62. The lowest BCUT2D eigenvalue weighted by molar-refractivity contribution is 0.556. The number of halogens is 1. The minimum Gasteiger partial charge on any atom is -0.264 e. The SMILES string of the molecule is O=C=NC(Cc1cccnc1)c1ccc(F)cc1. The van der Waals surface area contributed by atoms with Crippen LogP contribution in [-0.2, 0) is 11.2 Å². The summed E-state index contributed by atoms with van der Waals surface area (Å²) in [7, 11) is 0. The summed E-state index contributed by atoms with van der Waals surface area (Å²) in [5.74, 6) is -0.311. The number of hydrogen-bond acceptors (Lipinski definition) is 3. The van der Waals surface area contributed by atoms with Crippen molar-refractivity contribution in [3.63, 3.8) is 0 Å². The van der Waals surface area contributed by atoms with E-state index in [4.69, 9.17) is 0 Å². The van der Waals surface area contributed by atoms with Crippen molar-refractivity contribution >= 4 is 6.08 Å². The molecule has 1 aromatic carbocycles. The summed E-state index contributed by atoms with van der Waals surface area (Å²) in [5, 5.41) is 0. The first-order valence-electron chi connectivity index (χ1n) is 5.51. The average Bonchev–Trinajstić information content (AvgIpc) is 2.40. The van der Waals surface area contributed by atoms with Crippen molar-refractivity contribution in [2.75, 3.05) is 0 Å². The minimum absolute atomic E-state index is 0.311. The van der Waals surface area contributed by atoms with Crippen molar-refractivity contribution in [2.24, 2.45) is 4.99 Å². The number of rotatable bonds is 4. The van der Waals surface area contributed by atoms with E-state index in [2.05, 4.69) is 9.98 Å². The molecule has 0 radical (unpaired) electrons. The van der Waals surface area contributed by atoms with Crippen LogP contribution in [0, 0.1) is 5.82 Å². The summed E-state index contributed by atoms with van der Waals surface area (Å²) in [6, 6.07) is 9.32. The van der Waals surface area contributed by atoms with E-state index in [9.17, 15) is 9.18 Å². The third-order valence-electron chi connectivity index (χ3n) is 2.62. The summed E-state index contributed by atoms with van der Waals surface area (Å²) in [5.41, 5.74) is 1.74. The van der Waals surface area contributed by atoms with Crippen LogP contribution in [0.2, 0.25) is 0 Å². The second-order valence-electron chi connectivity index (χ2n) is 3.85. The van der Waals surface area contributed by atoms with Crippen LogP contribution in [0.5, 0.6) is 0 Å². The molecule has 0 saturated carbocycles. The van der Waals surface area contributed by atoms with Crippen molar-refractivity contribution in [3.05, 3.63) is 65.7 Å².